The summed E-state index contributed by atoms with van der Waals surface area (Å²) in [5, 5.41) is 11.9. The van der Waals surface area contributed by atoms with Crippen LogP contribution in [-0.2, 0) is 22.2 Å². The molecule has 1 aliphatic carbocycles. The standard InChI is InChI=1S/C24H26FN3O6S/c1-26-23(31)21-18-12-17(14-5-6-14)19(13-28(35(32)33)11-3-2-4-20(29)30)27-24(18)34-22(21)15-7-9-16(25)10-8-15/h7-10,12,14,35H,2-6,11,13H2,1H3,(H,26,31)(H,29,30). The predicted molar refractivity (Wildman–Crippen MR) is 127 cm³/mol. The molecule has 2 aromatic heterocycles. The fourth-order valence-electron chi connectivity index (χ4n) is 4.07. The van der Waals surface area contributed by atoms with Crippen LogP contribution in [0, 0.1) is 5.82 Å². The van der Waals surface area contributed by atoms with Crippen molar-refractivity contribution in [1.29, 1.82) is 0 Å². The van der Waals surface area contributed by atoms with Gasteiger partial charge in [0.2, 0.25) is 16.6 Å². The Kier molecular flexibility index (Phi) is 7.46. The van der Waals surface area contributed by atoms with Gasteiger partial charge in [0.25, 0.3) is 5.91 Å². The first-order valence-corrected chi connectivity index (χ1v) is 12.5. The Balaban J connectivity index is 1.74. The second-order valence-electron chi connectivity index (χ2n) is 8.52. The number of aromatic nitrogens is 1. The van der Waals surface area contributed by atoms with Crippen LogP contribution in [0.25, 0.3) is 22.4 Å². The summed E-state index contributed by atoms with van der Waals surface area (Å²) in [5.41, 5.74) is 2.40. The lowest BCUT2D eigenvalue weighted by Crippen LogP contribution is -2.24. The molecule has 0 spiro atoms. The van der Waals surface area contributed by atoms with E-state index in [2.05, 4.69) is 10.3 Å². The number of halogens is 1. The van der Waals surface area contributed by atoms with Crippen molar-refractivity contribution in [3.05, 3.63) is 53.0 Å². The van der Waals surface area contributed by atoms with Gasteiger partial charge in [-0.25, -0.2) is 17.8 Å². The molecule has 0 bridgehead atoms. The van der Waals surface area contributed by atoms with Crippen molar-refractivity contribution in [1.82, 2.24) is 14.6 Å². The number of pyridine rings is 1. The van der Waals surface area contributed by atoms with Crippen molar-refractivity contribution < 1.29 is 31.9 Å². The first-order valence-electron chi connectivity index (χ1n) is 11.3. The number of unbranched alkanes of at least 4 members (excludes halogenated alkanes) is 1. The van der Waals surface area contributed by atoms with E-state index in [-0.39, 0.29) is 48.4 Å². The zero-order chi connectivity index (χ0) is 25.1. The van der Waals surface area contributed by atoms with Gasteiger partial charge in [-0.05, 0) is 67.5 Å². The lowest BCUT2D eigenvalue weighted by Gasteiger charge is -2.17. The molecule has 2 N–H and O–H groups in total. The Morgan fingerprint density at radius 1 is 1.23 bits per heavy atom. The third-order valence-corrected chi connectivity index (χ3v) is 6.80. The van der Waals surface area contributed by atoms with Crippen molar-refractivity contribution in [2.45, 2.75) is 44.6 Å². The molecule has 2 heterocycles. The van der Waals surface area contributed by atoms with Crippen LogP contribution in [0.2, 0.25) is 0 Å². The highest BCUT2D eigenvalue weighted by Gasteiger charge is 2.31. The van der Waals surface area contributed by atoms with E-state index >= 15 is 0 Å². The van der Waals surface area contributed by atoms with Crippen LogP contribution in [0.4, 0.5) is 4.39 Å². The number of carboxylic acid groups (broad SMARTS) is 1. The quantitative estimate of drug-likeness (QED) is 0.270. The number of thiol groups is 1. The number of hydrogen-bond acceptors (Lipinski definition) is 6. The van der Waals surface area contributed by atoms with Crippen molar-refractivity contribution in [3.63, 3.8) is 0 Å². The maximum absolute atomic E-state index is 13.5. The molecule has 1 aliphatic rings. The second kappa shape index (κ2) is 10.5. The number of fused-ring (bicyclic) bond motifs is 1. The fraction of sp³-hybridized carbons (Fsp3) is 0.375. The Labute approximate surface area is 203 Å². The Hall–Kier alpha value is -3.31. The highest BCUT2D eigenvalue weighted by molar-refractivity contribution is 7.69. The van der Waals surface area contributed by atoms with Gasteiger partial charge in [0.05, 0.1) is 23.2 Å². The topological polar surface area (TPSA) is 130 Å². The molecule has 11 heteroatoms. The summed E-state index contributed by atoms with van der Waals surface area (Å²) in [6, 6.07) is 7.43. The molecule has 1 aromatic carbocycles. The summed E-state index contributed by atoms with van der Waals surface area (Å²) in [6.07, 6.45) is 2.61. The van der Waals surface area contributed by atoms with Crippen LogP contribution in [0.15, 0.2) is 34.7 Å². The Morgan fingerprint density at radius 3 is 2.54 bits per heavy atom. The van der Waals surface area contributed by atoms with Crippen molar-refractivity contribution in [2.24, 2.45) is 0 Å². The molecule has 0 saturated heterocycles. The molecule has 9 nitrogen and oxygen atoms in total. The van der Waals surface area contributed by atoms with Gasteiger partial charge >= 0.3 is 5.97 Å². The average molecular weight is 504 g/mol. The molecule has 186 valence electrons. The van der Waals surface area contributed by atoms with Gasteiger partial charge in [-0.3, -0.25) is 9.59 Å². The molecular weight excluding hydrogens is 477 g/mol. The second-order valence-corrected chi connectivity index (χ2v) is 9.56. The molecule has 0 aliphatic heterocycles. The van der Waals surface area contributed by atoms with Crippen molar-refractivity contribution >= 4 is 33.9 Å². The number of carbonyl (C=O) groups excluding carboxylic acids is 1. The van der Waals surface area contributed by atoms with Gasteiger partial charge < -0.3 is 14.8 Å². The van der Waals surface area contributed by atoms with Crippen LogP contribution in [0.5, 0.6) is 0 Å². The molecular formula is C24H26FN3O6S. The summed E-state index contributed by atoms with van der Waals surface area (Å²) in [6.45, 7) is 0.202. The molecule has 4 rings (SSSR count). The van der Waals surface area contributed by atoms with E-state index in [1.54, 1.807) is 0 Å². The van der Waals surface area contributed by atoms with Gasteiger partial charge in [0.1, 0.15) is 11.6 Å². The minimum absolute atomic E-state index is 0.0233. The van der Waals surface area contributed by atoms with Gasteiger partial charge in [-0.1, -0.05) is 0 Å². The SMILES string of the molecule is CNC(=O)c1c(-c2ccc(F)cc2)oc2nc(CN(CCCCC(=O)O)[SH](=O)=O)c(C3CC3)cc12. The smallest absolute Gasteiger partial charge is 0.303 e. The number of carbonyl (C=O) groups is 2. The van der Waals surface area contributed by atoms with E-state index in [0.717, 1.165) is 18.4 Å². The number of amides is 1. The number of furan rings is 1. The van der Waals surface area contributed by atoms with Crippen LogP contribution in [0.3, 0.4) is 0 Å². The van der Waals surface area contributed by atoms with Crippen LogP contribution in [0.1, 0.15) is 59.6 Å². The number of rotatable bonds is 11. The first kappa shape index (κ1) is 24.8. The monoisotopic (exact) mass is 503 g/mol. The molecule has 3 aromatic rings. The number of carboxylic acids is 1. The normalized spacial score (nSPS) is 13.6. The number of nitrogens with one attached hydrogen (secondary N) is 1. The van der Waals surface area contributed by atoms with Gasteiger partial charge in [-0.15, -0.1) is 0 Å². The van der Waals surface area contributed by atoms with Gasteiger partial charge in [0, 0.05) is 25.6 Å². The summed E-state index contributed by atoms with van der Waals surface area (Å²) in [5.74, 6) is -1.25. The van der Waals surface area contributed by atoms with Crippen molar-refractivity contribution in [2.75, 3.05) is 13.6 Å². The molecule has 0 unspecified atom stereocenters. The third kappa shape index (κ3) is 5.68. The lowest BCUT2D eigenvalue weighted by atomic mass is 10.0. The summed E-state index contributed by atoms with van der Waals surface area (Å²) >= 11 is 0. The van der Waals surface area contributed by atoms with E-state index in [1.807, 2.05) is 6.07 Å². The molecule has 1 fully saturated rings. The van der Waals surface area contributed by atoms with E-state index < -0.39 is 22.7 Å². The zero-order valence-electron chi connectivity index (χ0n) is 19.1. The van der Waals surface area contributed by atoms with E-state index in [0.29, 0.717) is 29.5 Å². The van der Waals surface area contributed by atoms with E-state index in [1.165, 1.54) is 35.6 Å². The van der Waals surface area contributed by atoms with Crippen LogP contribution >= 0.6 is 0 Å². The largest absolute Gasteiger partial charge is 0.481 e. The minimum atomic E-state index is -2.91. The summed E-state index contributed by atoms with van der Waals surface area (Å²) < 4.78 is 44.5. The molecule has 1 amide bonds. The zero-order valence-corrected chi connectivity index (χ0v) is 20.0. The third-order valence-electron chi connectivity index (χ3n) is 5.99. The van der Waals surface area contributed by atoms with E-state index in [4.69, 9.17) is 9.52 Å². The number of hydrogen-bond donors (Lipinski definition) is 3. The Bertz CT molecular complexity index is 1320. The van der Waals surface area contributed by atoms with Crippen LogP contribution < -0.4 is 5.32 Å². The fourth-order valence-corrected chi connectivity index (χ4v) is 4.62. The minimum Gasteiger partial charge on any atom is -0.481 e. The maximum atomic E-state index is 13.5. The van der Waals surface area contributed by atoms with E-state index in [9.17, 15) is 22.4 Å². The van der Waals surface area contributed by atoms with Gasteiger partial charge in [0.15, 0.2) is 0 Å². The van der Waals surface area contributed by atoms with Crippen LogP contribution in [-0.4, -0.2) is 48.3 Å². The Morgan fingerprint density at radius 2 is 1.94 bits per heavy atom. The maximum Gasteiger partial charge on any atom is 0.303 e. The predicted octanol–water partition coefficient (Wildman–Crippen LogP) is 3.45. The van der Waals surface area contributed by atoms with Gasteiger partial charge in [-0.2, -0.15) is 4.31 Å². The van der Waals surface area contributed by atoms with Crippen molar-refractivity contribution in [3.8, 4) is 11.3 Å². The average Bonchev–Trinajstić information content (AvgIpc) is 3.60. The molecule has 0 radical (unpaired) electrons. The molecule has 1 saturated carbocycles. The molecule has 0 atom stereocenters. The highest BCUT2D eigenvalue weighted by Crippen LogP contribution is 2.44. The number of nitrogens with zero attached hydrogens (tertiary/aromatic N) is 2. The highest BCUT2D eigenvalue weighted by atomic mass is 32.2. The first-order chi connectivity index (χ1) is 16.8. The lowest BCUT2D eigenvalue weighted by molar-refractivity contribution is -0.137. The number of aliphatic carboxylic acids is 1. The molecule has 35 heavy (non-hydrogen) atoms. The summed E-state index contributed by atoms with van der Waals surface area (Å²) in [4.78, 5) is 28.2. The summed E-state index contributed by atoms with van der Waals surface area (Å²) in [7, 11) is -1.41. The number of benzene rings is 1.